The Morgan fingerprint density at radius 3 is 2.70 bits per heavy atom. The van der Waals surface area contributed by atoms with Crippen molar-refractivity contribution in [2.45, 2.75) is 26.3 Å². The number of hydrogen-bond acceptors (Lipinski definition) is 3. The highest BCUT2D eigenvalue weighted by Crippen LogP contribution is 1.99. The number of halogens is 1. The summed E-state index contributed by atoms with van der Waals surface area (Å²) in [6.45, 7) is 4.98. The maximum atomic E-state index is 4.22. The molecule has 116 valence electrons. The molecule has 1 aromatic heterocycles. The van der Waals surface area contributed by atoms with Crippen molar-refractivity contribution in [3.05, 3.63) is 18.2 Å². The van der Waals surface area contributed by atoms with Crippen LogP contribution in [0, 0.1) is 6.92 Å². The molecule has 0 spiro atoms. The van der Waals surface area contributed by atoms with Crippen molar-refractivity contribution >= 4 is 41.7 Å². The monoisotopic (exact) mass is 411 g/mol. The molecule has 1 aromatic rings. The average Bonchev–Trinajstić information content (AvgIpc) is 2.82. The molecule has 0 atom stereocenters. The van der Waals surface area contributed by atoms with Crippen LogP contribution in [0.25, 0.3) is 0 Å². The fourth-order valence-electron chi connectivity index (χ4n) is 1.75. The van der Waals surface area contributed by atoms with Crippen molar-refractivity contribution in [3.63, 3.8) is 0 Å². The summed E-state index contributed by atoms with van der Waals surface area (Å²) in [5, 5.41) is 6.61. The van der Waals surface area contributed by atoms with Crippen molar-refractivity contribution in [1.82, 2.24) is 20.2 Å². The summed E-state index contributed by atoms with van der Waals surface area (Å²) in [5.41, 5.74) is 0. The van der Waals surface area contributed by atoms with Crippen molar-refractivity contribution in [1.29, 1.82) is 0 Å². The van der Waals surface area contributed by atoms with Crippen molar-refractivity contribution in [2.24, 2.45) is 4.99 Å². The first-order chi connectivity index (χ1) is 9.27. The molecule has 0 aliphatic heterocycles. The SMILES string of the molecule is CN=C(NCCCCn1ccnc1C)NCCSC.I. The molecule has 0 fully saturated rings. The second kappa shape index (κ2) is 12.3. The second-order valence-corrected chi connectivity index (χ2v) is 5.28. The molecule has 1 rings (SSSR count). The van der Waals surface area contributed by atoms with E-state index in [-0.39, 0.29) is 24.0 Å². The molecule has 0 radical (unpaired) electrons. The highest BCUT2D eigenvalue weighted by Gasteiger charge is 1.98. The van der Waals surface area contributed by atoms with Gasteiger partial charge < -0.3 is 15.2 Å². The highest BCUT2D eigenvalue weighted by molar-refractivity contribution is 14.0. The first-order valence-electron chi connectivity index (χ1n) is 6.69. The van der Waals surface area contributed by atoms with Gasteiger partial charge in [-0.25, -0.2) is 4.98 Å². The van der Waals surface area contributed by atoms with Crippen LogP contribution in [-0.2, 0) is 6.54 Å². The Balaban J connectivity index is 0.00000361. The van der Waals surface area contributed by atoms with Gasteiger partial charge in [-0.2, -0.15) is 11.8 Å². The van der Waals surface area contributed by atoms with Crippen LogP contribution in [0.15, 0.2) is 17.4 Å². The molecule has 5 nitrogen and oxygen atoms in total. The number of aryl methyl sites for hydroxylation is 2. The zero-order chi connectivity index (χ0) is 13.9. The lowest BCUT2D eigenvalue weighted by Gasteiger charge is -2.11. The average molecular weight is 411 g/mol. The van der Waals surface area contributed by atoms with Gasteiger partial charge in [-0.1, -0.05) is 0 Å². The van der Waals surface area contributed by atoms with E-state index < -0.39 is 0 Å². The Morgan fingerprint density at radius 1 is 1.35 bits per heavy atom. The summed E-state index contributed by atoms with van der Waals surface area (Å²) in [7, 11) is 1.81. The number of hydrogen-bond donors (Lipinski definition) is 2. The molecule has 0 saturated heterocycles. The number of nitrogens with one attached hydrogen (secondary N) is 2. The van der Waals surface area contributed by atoms with Crippen LogP contribution in [0.5, 0.6) is 0 Å². The lowest BCUT2D eigenvalue weighted by atomic mass is 10.3. The standard InChI is InChI=1S/C13H25N5S.HI/c1-12-15-7-10-18(12)9-5-4-6-16-13(14-2)17-8-11-19-3;/h7,10H,4-6,8-9,11H2,1-3H3,(H2,14,16,17);1H. The topological polar surface area (TPSA) is 54.2 Å². The number of imidazole rings is 1. The van der Waals surface area contributed by atoms with Crippen LogP contribution in [0.4, 0.5) is 0 Å². The molecular weight excluding hydrogens is 385 g/mol. The van der Waals surface area contributed by atoms with Crippen molar-refractivity contribution < 1.29 is 0 Å². The summed E-state index contributed by atoms with van der Waals surface area (Å²) in [6.07, 6.45) is 8.26. The lowest BCUT2D eigenvalue weighted by Crippen LogP contribution is -2.38. The number of guanidine groups is 1. The Hall–Kier alpha value is -0.440. The minimum atomic E-state index is 0. The van der Waals surface area contributed by atoms with Gasteiger partial charge in [-0.3, -0.25) is 4.99 Å². The molecule has 7 heteroatoms. The van der Waals surface area contributed by atoms with Gasteiger partial charge in [-0.05, 0) is 26.0 Å². The van der Waals surface area contributed by atoms with E-state index in [0.717, 1.165) is 50.0 Å². The van der Waals surface area contributed by atoms with Gasteiger partial charge >= 0.3 is 0 Å². The number of thioether (sulfide) groups is 1. The summed E-state index contributed by atoms with van der Waals surface area (Å²) in [4.78, 5) is 8.41. The Kier molecular flexibility index (Phi) is 12.0. The zero-order valence-corrected chi connectivity index (χ0v) is 15.7. The second-order valence-electron chi connectivity index (χ2n) is 4.29. The maximum Gasteiger partial charge on any atom is 0.191 e. The number of nitrogens with zero attached hydrogens (tertiary/aromatic N) is 3. The third kappa shape index (κ3) is 7.98. The van der Waals surface area contributed by atoms with Gasteiger partial charge in [0.15, 0.2) is 5.96 Å². The molecule has 0 aliphatic carbocycles. The van der Waals surface area contributed by atoms with Crippen LogP contribution < -0.4 is 10.6 Å². The smallest absolute Gasteiger partial charge is 0.191 e. The molecule has 2 N–H and O–H groups in total. The predicted octanol–water partition coefficient (Wildman–Crippen LogP) is 2.12. The Morgan fingerprint density at radius 2 is 2.10 bits per heavy atom. The number of aliphatic imine (C=N–C) groups is 1. The Labute approximate surface area is 143 Å². The van der Waals surface area contributed by atoms with Crippen molar-refractivity contribution in [2.75, 3.05) is 32.1 Å². The summed E-state index contributed by atoms with van der Waals surface area (Å²) >= 11 is 1.83. The molecule has 0 aromatic carbocycles. The highest BCUT2D eigenvalue weighted by atomic mass is 127. The van der Waals surface area contributed by atoms with E-state index in [0.29, 0.717) is 0 Å². The van der Waals surface area contributed by atoms with Crippen LogP contribution in [0.3, 0.4) is 0 Å². The van der Waals surface area contributed by atoms with E-state index in [4.69, 9.17) is 0 Å². The van der Waals surface area contributed by atoms with Gasteiger partial charge in [-0.15, -0.1) is 24.0 Å². The van der Waals surface area contributed by atoms with Crippen LogP contribution in [0.2, 0.25) is 0 Å². The van der Waals surface area contributed by atoms with E-state index in [2.05, 4.69) is 31.4 Å². The molecule has 0 bridgehead atoms. The van der Waals surface area contributed by atoms with E-state index in [1.807, 2.05) is 38.1 Å². The summed E-state index contributed by atoms with van der Waals surface area (Å²) in [6, 6.07) is 0. The molecule has 1 heterocycles. The van der Waals surface area contributed by atoms with Crippen LogP contribution >= 0.6 is 35.7 Å². The zero-order valence-electron chi connectivity index (χ0n) is 12.6. The first kappa shape index (κ1) is 19.6. The number of aromatic nitrogens is 2. The third-order valence-electron chi connectivity index (χ3n) is 2.86. The van der Waals surface area contributed by atoms with Gasteiger partial charge in [0, 0.05) is 44.8 Å². The lowest BCUT2D eigenvalue weighted by molar-refractivity contribution is 0.588. The largest absolute Gasteiger partial charge is 0.356 e. The summed E-state index contributed by atoms with van der Waals surface area (Å²) in [5.74, 6) is 3.08. The molecule has 0 saturated carbocycles. The normalized spacial score (nSPS) is 11.1. The maximum absolute atomic E-state index is 4.22. The van der Waals surface area contributed by atoms with E-state index in [1.165, 1.54) is 0 Å². The van der Waals surface area contributed by atoms with Gasteiger partial charge in [0.25, 0.3) is 0 Å². The first-order valence-corrected chi connectivity index (χ1v) is 8.08. The molecule has 0 amide bonds. The molecule has 0 aliphatic rings. The minimum Gasteiger partial charge on any atom is -0.356 e. The number of unbranched alkanes of at least 4 members (excludes halogenated alkanes) is 1. The molecular formula is C13H26IN5S. The van der Waals surface area contributed by atoms with Crippen LogP contribution in [0.1, 0.15) is 18.7 Å². The Bertz CT molecular complexity index is 381. The fourth-order valence-corrected chi connectivity index (χ4v) is 2.05. The summed E-state index contributed by atoms with van der Waals surface area (Å²) < 4.78 is 2.19. The molecule has 20 heavy (non-hydrogen) atoms. The van der Waals surface area contributed by atoms with Gasteiger partial charge in [0.05, 0.1) is 0 Å². The molecule has 0 unspecified atom stereocenters. The van der Waals surface area contributed by atoms with E-state index >= 15 is 0 Å². The predicted molar refractivity (Wildman–Crippen MR) is 99.4 cm³/mol. The number of rotatable bonds is 8. The van der Waals surface area contributed by atoms with Gasteiger partial charge in [0.2, 0.25) is 0 Å². The third-order valence-corrected chi connectivity index (χ3v) is 3.48. The van der Waals surface area contributed by atoms with Gasteiger partial charge in [0.1, 0.15) is 5.82 Å². The van der Waals surface area contributed by atoms with Crippen molar-refractivity contribution in [3.8, 4) is 0 Å². The van der Waals surface area contributed by atoms with Crippen LogP contribution in [-0.4, -0.2) is 47.7 Å². The minimum absolute atomic E-state index is 0. The fraction of sp³-hybridized carbons (Fsp3) is 0.692. The van der Waals surface area contributed by atoms with E-state index in [9.17, 15) is 0 Å². The van der Waals surface area contributed by atoms with E-state index in [1.54, 1.807) is 0 Å². The quantitative estimate of drug-likeness (QED) is 0.298.